The molecule has 0 amide bonds. The molecule has 1 aromatic heterocycles. The Hall–Kier alpha value is -1.09. The molecule has 0 aliphatic heterocycles. The van der Waals surface area contributed by atoms with Gasteiger partial charge in [-0.3, -0.25) is 4.98 Å². The minimum atomic E-state index is 0.811. The molecule has 0 unspecified atom stereocenters. The summed E-state index contributed by atoms with van der Waals surface area (Å²) in [6.45, 7) is 5.97. The Morgan fingerprint density at radius 1 is 1.43 bits per heavy atom. The molecule has 0 aromatic carbocycles. The van der Waals surface area contributed by atoms with Crippen molar-refractivity contribution in [2.75, 3.05) is 13.7 Å². The molecular formula is C11H18N2O. The lowest BCUT2D eigenvalue weighted by Crippen LogP contribution is -2.15. The minimum absolute atomic E-state index is 0.811. The van der Waals surface area contributed by atoms with Gasteiger partial charge in [-0.25, -0.2) is 0 Å². The van der Waals surface area contributed by atoms with Gasteiger partial charge in [0.25, 0.3) is 0 Å². The Morgan fingerprint density at radius 3 is 2.86 bits per heavy atom. The maximum absolute atomic E-state index is 5.17. The van der Waals surface area contributed by atoms with E-state index in [-0.39, 0.29) is 0 Å². The zero-order chi connectivity index (χ0) is 10.4. The van der Waals surface area contributed by atoms with Crippen LogP contribution >= 0.6 is 0 Å². The van der Waals surface area contributed by atoms with Crippen LogP contribution in [0, 0.1) is 6.92 Å². The van der Waals surface area contributed by atoms with E-state index in [0.717, 1.165) is 36.6 Å². The highest BCUT2D eigenvalue weighted by Gasteiger charge is 1.99. The lowest BCUT2D eigenvalue weighted by molar-refractivity contribution is 0.412. The van der Waals surface area contributed by atoms with E-state index >= 15 is 0 Å². The summed E-state index contributed by atoms with van der Waals surface area (Å²) in [5, 5.41) is 3.31. The lowest BCUT2D eigenvalue weighted by atomic mass is 10.3. The van der Waals surface area contributed by atoms with E-state index in [4.69, 9.17) is 4.74 Å². The normalized spacial score (nSPS) is 10.2. The zero-order valence-corrected chi connectivity index (χ0v) is 9.13. The molecule has 1 N–H and O–H groups in total. The van der Waals surface area contributed by atoms with Crippen molar-refractivity contribution in [2.45, 2.75) is 26.8 Å². The summed E-state index contributed by atoms with van der Waals surface area (Å²) in [4.78, 5) is 4.41. The number of pyridine rings is 1. The number of nitrogens with one attached hydrogen (secondary N) is 1. The molecule has 14 heavy (non-hydrogen) atoms. The van der Waals surface area contributed by atoms with Gasteiger partial charge in [-0.1, -0.05) is 6.92 Å². The number of hydrogen-bond acceptors (Lipinski definition) is 3. The molecule has 0 radical (unpaired) electrons. The molecule has 0 saturated carbocycles. The van der Waals surface area contributed by atoms with Crippen LogP contribution in [0.1, 0.15) is 24.7 Å². The second kappa shape index (κ2) is 5.60. The van der Waals surface area contributed by atoms with E-state index in [1.807, 2.05) is 19.1 Å². The Balaban J connectivity index is 2.62. The number of hydrogen-bond donors (Lipinski definition) is 1. The summed E-state index contributed by atoms with van der Waals surface area (Å²) in [6, 6.07) is 3.90. The summed E-state index contributed by atoms with van der Waals surface area (Å²) in [5.74, 6) is 0.880. The van der Waals surface area contributed by atoms with Crippen LogP contribution in [-0.2, 0) is 6.54 Å². The smallest absolute Gasteiger partial charge is 0.122 e. The topological polar surface area (TPSA) is 34.1 Å². The van der Waals surface area contributed by atoms with E-state index < -0.39 is 0 Å². The van der Waals surface area contributed by atoms with E-state index in [0.29, 0.717) is 0 Å². The van der Waals surface area contributed by atoms with Gasteiger partial charge in [0.15, 0.2) is 0 Å². The van der Waals surface area contributed by atoms with Crippen LogP contribution in [0.2, 0.25) is 0 Å². The van der Waals surface area contributed by atoms with Crippen molar-refractivity contribution >= 4 is 0 Å². The molecule has 1 heterocycles. The molecule has 0 fully saturated rings. The standard InChI is InChI=1S/C11H18N2O/c1-4-5-12-8-10-7-11(14-3)6-9(2)13-10/h6-7,12H,4-5,8H2,1-3H3. The van der Waals surface area contributed by atoms with Gasteiger partial charge in [0, 0.05) is 24.4 Å². The fourth-order valence-electron chi connectivity index (χ4n) is 1.30. The van der Waals surface area contributed by atoms with Crippen LogP contribution < -0.4 is 10.1 Å². The number of methoxy groups -OCH3 is 1. The Labute approximate surface area is 85.5 Å². The maximum atomic E-state index is 5.17. The largest absolute Gasteiger partial charge is 0.497 e. The van der Waals surface area contributed by atoms with Crippen molar-refractivity contribution in [1.82, 2.24) is 10.3 Å². The first-order chi connectivity index (χ1) is 6.76. The summed E-state index contributed by atoms with van der Waals surface area (Å²) < 4.78 is 5.17. The van der Waals surface area contributed by atoms with Crippen LogP contribution in [0.3, 0.4) is 0 Å². The van der Waals surface area contributed by atoms with Crippen molar-refractivity contribution in [3.8, 4) is 5.75 Å². The van der Waals surface area contributed by atoms with E-state index in [1.165, 1.54) is 0 Å². The quantitative estimate of drug-likeness (QED) is 0.727. The third kappa shape index (κ3) is 3.34. The second-order valence-electron chi connectivity index (χ2n) is 3.32. The van der Waals surface area contributed by atoms with Crippen LogP contribution in [0.4, 0.5) is 0 Å². The summed E-state index contributed by atoms with van der Waals surface area (Å²) >= 11 is 0. The van der Waals surface area contributed by atoms with E-state index in [9.17, 15) is 0 Å². The Kier molecular flexibility index (Phi) is 4.40. The molecule has 1 rings (SSSR count). The van der Waals surface area contributed by atoms with Gasteiger partial charge in [-0.15, -0.1) is 0 Å². The monoisotopic (exact) mass is 194 g/mol. The van der Waals surface area contributed by atoms with Crippen molar-refractivity contribution in [3.63, 3.8) is 0 Å². The van der Waals surface area contributed by atoms with Gasteiger partial charge < -0.3 is 10.1 Å². The average Bonchev–Trinajstić information content (AvgIpc) is 2.17. The van der Waals surface area contributed by atoms with Gasteiger partial charge in [0.1, 0.15) is 5.75 Å². The zero-order valence-electron chi connectivity index (χ0n) is 9.13. The molecule has 0 aliphatic rings. The third-order valence-electron chi connectivity index (χ3n) is 1.95. The highest BCUT2D eigenvalue weighted by Crippen LogP contribution is 2.12. The summed E-state index contributed by atoms with van der Waals surface area (Å²) in [7, 11) is 1.68. The average molecular weight is 194 g/mol. The van der Waals surface area contributed by atoms with Crippen LogP contribution in [0.5, 0.6) is 5.75 Å². The van der Waals surface area contributed by atoms with Crippen molar-refractivity contribution in [1.29, 1.82) is 0 Å². The molecule has 0 aliphatic carbocycles. The predicted octanol–water partition coefficient (Wildman–Crippen LogP) is 1.90. The lowest BCUT2D eigenvalue weighted by Gasteiger charge is -2.06. The maximum Gasteiger partial charge on any atom is 0.122 e. The summed E-state index contributed by atoms with van der Waals surface area (Å²) in [6.07, 6.45) is 1.14. The Bertz CT molecular complexity index is 287. The van der Waals surface area contributed by atoms with Gasteiger partial charge in [0.2, 0.25) is 0 Å². The first kappa shape index (κ1) is 11.0. The first-order valence-electron chi connectivity index (χ1n) is 4.98. The molecule has 3 heteroatoms. The molecule has 0 atom stereocenters. The first-order valence-corrected chi connectivity index (χ1v) is 4.98. The fraction of sp³-hybridized carbons (Fsp3) is 0.545. The number of rotatable bonds is 5. The van der Waals surface area contributed by atoms with Crippen LogP contribution in [-0.4, -0.2) is 18.6 Å². The molecule has 0 saturated heterocycles. The number of aryl methyl sites for hydroxylation is 1. The molecular weight excluding hydrogens is 176 g/mol. The highest BCUT2D eigenvalue weighted by atomic mass is 16.5. The molecule has 0 spiro atoms. The third-order valence-corrected chi connectivity index (χ3v) is 1.95. The minimum Gasteiger partial charge on any atom is -0.497 e. The molecule has 1 aromatic rings. The van der Waals surface area contributed by atoms with E-state index in [2.05, 4.69) is 17.2 Å². The van der Waals surface area contributed by atoms with Gasteiger partial charge in [0.05, 0.1) is 12.8 Å². The molecule has 0 bridgehead atoms. The number of ether oxygens (including phenoxy) is 1. The van der Waals surface area contributed by atoms with Crippen LogP contribution in [0.15, 0.2) is 12.1 Å². The predicted molar refractivity (Wildman–Crippen MR) is 57.5 cm³/mol. The van der Waals surface area contributed by atoms with Crippen molar-refractivity contribution in [2.24, 2.45) is 0 Å². The fourth-order valence-corrected chi connectivity index (χ4v) is 1.30. The highest BCUT2D eigenvalue weighted by molar-refractivity contribution is 5.26. The molecule has 3 nitrogen and oxygen atoms in total. The van der Waals surface area contributed by atoms with Crippen molar-refractivity contribution < 1.29 is 4.74 Å². The SMILES string of the molecule is CCCNCc1cc(OC)cc(C)n1. The van der Waals surface area contributed by atoms with Gasteiger partial charge in [-0.2, -0.15) is 0 Å². The van der Waals surface area contributed by atoms with Gasteiger partial charge >= 0.3 is 0 Å². The number of nitrogens with zero attached hydrogens (tertiary/aromatic N) is 1. The summed E-state index contributed by atoms with van der Waals surface area (Å²) in [5.41, 5.74) is 2.04. The molecule has 78 valence electrons. The second-order valence-corrected chi connectivity index (χ2v) is 3.32. The van der Waals surface area contributed by atoms with Crippen LogP contribution in [0.25, 0.3) is 0 Å². The number of aromatic nitrogens is 1. The Morgan fingerprint density at radius 2 is 2.21 bits per heavy atom. The van der Waals surface area contributed by atoms with Crippen molar-refractivity contribution in [3.05, 3.63) is 23.5 Å². The van der Waals surface area contributed by atoms with Gasteiger partial charge in [-0.05, 0) is 19.9 Å². The van der Waals surface area contributed by atoms with E-state index in [1.54, 1.807) is 7.11 Å².